The molecule has 2 bridgehead atoms. The molecule has 3 saturated heterocycles. The smallest absolute Gasteiger partial charge is 0.261 e. The van der Waals surface area contributed by atoms with E-state index in [9.17, 15) is 9.59 Å². The van der Waals surface area contributed by atoms with Crippen LogP contribution in [0.15, 0.2) is 36.4 Å². The Bertz CT molecular complexity index is 1070. The van der Waals surface area contributed by atoms with Gasteiger partial charge in [0.15, 0.2) is 5.78 Å². The summed E-state index contributed by atoms with van der Waals surface area (Å²) in [5, 5.41) is 4.38. The number of piperidine rings is 3. The third-order valence-corrected chi connectivity index (χ3v) is 8.36. The predicted octanol–water partition coefficient (Wildman–Crippen LogP) is 5.08. The normalized spacial score (nSPS) is 23.0. The second kappa shape index (κ2) is 8.19. The number of amides is 1. The number of hydrogen-bond donors (Lipinski definition) is 1. The first-order valence-electron chi connectivity index (χ1n) is 9.75. The van der Waals surface area contributed by atoms with E-state index in [2.05, 4.69) is 22.3 Å². The topological polar surface area (TPSA) is 49.4 Å². The maximum Gasteiger partial charge on any atom is 0.261 e. The van der Waals surface area contributed by atoms with Gasteiger partial charge in [-0.15, -0.1) is 35.1 Å². The minimum absolute atomic E-state index is 0. The molecule has 152 valence electrons. The van der Waals surface area contributed by atoms with Crippen LogP contribution in [0.25, 0.3) is 20.5 Å². The minimum atomic E-state index is 0. The highest BCUT2D eigenvalue weighted by Crippen LogP contribution is 2.38. The van der Waals surface area contributed by atoms with Gasteiger partial charge in [-0.2, -0.15) is 0 Å². The third kappa shape index (κ3) is 3.87. The maximum atomic E-state index is 12.9. The summed E-state index contributed by atoms with van der Waals surface area (Å²) >= 11 is 3.06. The van der Waals surface area contributed by atoms with Gasteiger partial charge in [0.25, 0.3) is 5.91 Å². The molecule has 3 aliphatic rings. The Kier molecular flexibility index (Phi) is 5.80. The summed E-state index contributed by atoms with van der Waals surface area (Å²) in [4.78, 5) is 29.6. The molecule has 3 fully saturated rings. The first-order valence-corrected chi connectivity index (χ1v) is 11.4. The highest BCUT2D eigenvalue weighted by atomic mass is 35.5. The summed E-state index contributed by atoms with van der Waals surface area (Å²) in [7, 11) is 0. The number of fused-ring (bicyclic) bond motifs is 4. The lowest BCUT2D eigenvalue weighted by Crippen LogP contribution is -2.57. The van der Waals surface area contributed by atoms with Crippen LogP contribution in [0.3, 0.4) is 0 Å². The molecule has 6 rings (SSSR count). The number of benzene rings is 1. The van der Waals surface area contributed by atoms with Crippen LogP contribution in [0.5, 0.6) is 0 Å². The van der Waals surface area contributed by atoms with Gasteiger partial charge in [-0.05, 0) is 62.4 Å². The molecule has 29 heavy (non-hydrogen) atoms. The molecule has 2 aromatic heterocycles. The summed E-state index contributed by atoms with van der Waals surface area (Å²) in [6.45, 7) is 4.92. The zero-order chi connectivity index (χ0) is 19.3. The van der Waals surface area contributed by atoms with Crippen LogP contribution in [0.4, 0.5) is 0 Å². The molecule has 0 aliphatic carbocycles. The zero-order valence-corrected chi connectivity index (χ0v) is 18.6. The summed E-state index contributed by atoms with van der Waals surface area (Å²) in [6, 6.07) is 12.3. The Morgan fingerprint density at radius 1 is 1.07 bits per heavy atom. The van der Waals surface area contributed by atoms with Gasteiger partial charge in [0.2, 0.25) is 0 Å². The number of hydrogen-bond acceptors (Lipinski definition) is 5. The molecule has 1 atom stereocenters. The number of ketones is 1. The highest BCUT2D eigenvalue weighted by molar-refractivity contribution is 7.22. The molecule has 1 aromatic carbocycles. The SMILES string of the molecule is CC(=O)c1ccc(-c2cccc3cc(C(=O)N[C@H]4CN5CCC4CC5)sc23)s1.Cl. The van der Waals surface area contributed by atoms with Crippen molar-refractivity contribution in [2.75, 3.05) is 19.6 Å². The first kappa shape index (κ1) is 20.5. The lowest BCUT2D eigenvalue weighted by Gasteiger charge is -2.44. The number of nitrogens with zero attached hydrogens (tertiary/aromatic N) is 1. The van der Waals surface area contributed by atoms with Crippen LogP contribution in [-0.4, -0.2) is 42.3 Å². The monoisotopic (exact) mass is 446 g/mol. The number of halogens is 1. The van der Waals surface area contributed by atoms with E-state index in [0.717, 1.165) is 36.8 Å². The van der Waals surface area contributed by atoms with E-state index in [1.165, 1.54) is 37.3 Å². The summed E-state index contributed by atoms with van der Waals surface area (Å²) in [6.07, 6.45) is 2.39. The van der Waals surface area contributed by atoms with Crippen molar-refractivity contribution in [3.63, 3.8) is 0 Å². The Morgan fingerprint density at radius 3 is 2.52 bits per heavy atom. The Balaban J connectivity index is 0.00000205. The lowest BCUT2D eigenvalue weighted by molar-refractivity contribution is 0.0622. The van der Waals surface area contributed by atoms with Crippen molar-refractivity contribution in [2.45, 2.75) is 25.8 Å². The van der Waals surface area contributed by atoms with Crippen molar-refractivity contribution in [3.8, 4) is 10.4 Å². The fourth-order valence-electron chi connectivity index (χ4n) is 4.41. The van der Waals surface area contributed by atoms with Crippen molar-refractivity contribution in [3.05, 3.63) is 46.2 Å². The van der Waals surface area contributed by atoms with Crippen molar-refractivity contribution < 1.29 is 9.59 Å². The molecule has 0 spiro atoms. The second-order valence-electron chi connectivity index (χ2n) is 7.77. The molecule has 0 radical (unpaired) electrons. The molecular formula is C22H23ClN2O2S2. The summed E-state index contributed by atoms with van der Waals surface area (Å²) < 4.78 is 1.11. The van der Waals surface area contributed by atoms with Gasteiger partial charge in [0, 0.05) is 27.7 Å². The molecule has 3 aromatic rings. The fourth-order valence-corrected chi connectivity index (χ4v) is 6.50. The van der Waals surface area contributed by atoms with Gasteiger partial charge < -0.3 is 10.2 Å². The number of carbonyl (C=O) groups excluding carboxylic acids is 2. The molecule has 0 saturated carbocycles. The molecule has 3 aliphatic heterocycles. The Hall–Kier alpha value is -1.73. The van der Waals surface area contributed by atoms with Gasteiger partial charge in [0.05, 0.1) is 9.75 Å². The number of nitrogens with one attached hydrogen (secondary N) is 1. The minimum Gasteiger partial charge on any atom is -0.347 e. The summed E-state index contributed by atoms with van der Waals surface area (Å²) in [5.74, 6) is 0.753. The number of rotatable bonds is 4. The molecular weight excluding hydrogens is 424 g/mol. The van der Waals surface area contributed by atoms with Crippen LogP contribution in [-0.2, 0) is 0 Å². The van der Waals surface area contributed by atoms with E-state index in [1.807, 2.05) is 24.3 Å². The van der Waals surface area contributed by atoms with Gasteiger partial charge >= 0.3 is 0 Å². The molecule has 5 heterocycles. The van der Waals surface area contributed by atoms with Crippen LogP contribution in [0.2, 0.25) is 0 Å². The second-order valence-corrected chi connectivity index (χ2v) is 9.91. The largest absolute Gasteiger partial charge is 0.347 e. The quantitative estimate of drug-likeness (QED) is 0.568. The number of Topliss-reactive ketones (excluding diaryl/α,β-unsaturated/α-hetero) is 1. The van der Waals surface area contributed by atoms with Crippen molar-refractivity contribution in [1.29, 1.82) is 0 Å². The van der Waals surface area contributed by atoms with E-state index >= 15 is 0 Å². The third-order valence-electron chi connectivity index (χ3n) is 5.96. The van der Waals surface area contributed by atoms with Gasteiger partial charge in [0.1, 0.15) is 0 Å². The van der Waals surface area contributed by atoms with E-state index in [1.54, 1.807) is 18.3 Å². The number of thiophene rings is 2. The van der Waals surface area contributed by atoms with E-state index in [0.29, 0.717) is 5.92 Å². The van der Waals surface area contributed by atoms with Crippen LogP contribution < -0.4 is 5.32 Å². The van der Waals surface area contributed by atoms with E-state index in [4.69, 9.17) is 0 Å². The highest BCUT2D eigenvalue weighted by Gasteiger charge is 2.35. The molecule has 4 nitrogen and oxygen atoms in total. The van der Waals surface area contributed by atoms with Crippen LogP contribution in [0.1, 0.15) is 39.1 Å². The first-order chi connectivity index (χ1) is 13.6. The standard InChI is InChI=1S/C22H22N2O2S2.ClH/c1-13(25)18-5-6-19(27-18)16-4-2-3-15-11-20(28-21(15)16)22(26)23-17-12-24-9-7-14(17)8-10-24;/h2-6,11,14,17H,7-10,12H2,1H3,(H,23,26);1H/t17-;/m0./s1. The average Bonchev–Trinajstić information content (AvgIpc) is 3.36. The van der Waals surface area contributed by atoms with E-state index in [-0.39, 0.29) is 30.1 Å². The summed E-state index contributed by atoms with van der Waals surface area (Å²) in [5.41, 5.74) is 1.10. The van der Waals surface area contributed by atoms with Gasteiger partial charge in [-0.25, -0.2) is 0 Å². The zero-order valence-electron chi connectivity index (χ0n) is 16.1. The lowest BCUT2D eigenvalue weighted by atomic mass is 9.84. The Labute approximate surface area is 184 Å². The Morgan fingerprint density at radius 2 is 1.86 bits per heavy atom. The van der Waals surface area contributed by atoms with Crippen LogP contribution >= 0.6 is 35.1 Å². The maximum absolute atomic E-state index is 12.9. The predicted molar refractivity (Wildman–Crippen MR) is 123 cm³/mol. The molecule has 1 amide bonds. The van der Waals surface area contributed by atoms with Gasteiger partial charge in [-0.1, -0.05) is 18.2 Å². The fraction of sp³-hybridized carbons (Fsp3) is 0.364. The van der Waals surface area contributed by atoms with Crippen molar-refractivity contribution >= 4 is 56.9 Å². The average molecular weight is 447 g/mol. The van der Waals surface area contributed by atoms with Crippen LogP contribution in [0, 0.1) is 5.92 Å². The van der Waals surface area contributed by atoms with E-state index < -0.39 is 0 Å². The van der Waals surface area contributed by atoms with Gasteiger partial charge in [-0.3, -0.25) is 9.59 Å². The van der Waals surface area contributed by atoms with Crippen molar-refractivity contribution in [2.24, 2.45) is 5.92 Å². The molecule has 1 N–H and O–H groups in total. The number of carbonyl (C=O) groups is 2. The molecule has 0 unspecified atom stereocenters. The van der Waals surface area contributed by atoms with Crippen molar-refractivity contribution in [1.82, 2.24) is 10.2 Å². The molecule has 7 heteroatoms.